The Kier molecular flexibility index (Phi) is 11.8. The van der Waals surface area contributed by atoms with Crippen molar-refractivity contribution in [1.29, 1.82) is 0 Å². The Morgan fingerprint density at radius 1 is 1.02 bits per heavy atom. The zero-order valence-electron chi connectivity index (χ0n) is 29.8. The number of hydrogen-bond acceptors (Lipinski definition) is 8. The van der Waals surface area contributed by atoms with Crippen molar-refractivity contribution in [3.63, 3.8) is 0 Å². The fourth-order valence-corrected chi connectivity index (χ4v) is 6.63. The number of anilines is 3. The third kappa shape index (κ3) is 9.78. The highest BCUT2D eigenvalue weighted by Crippen LogP contribution is 2.33. The topological polar surface area (TPSA) is 123 Å². The van der Waals surface area contributed by atoms with Gasteiger partial charge in [-0.15, -0.1) is 0 Å². The summed E-state index contributed by atoms with van der Waals surface area (Å²) in [6, 6.07) is 16.8. The van der Waals surface area contributed by atoms with E-state index in [1.165, 1.54) is 0 Å². The molecule has 2 aromatic heterocycles. The second-order valence-electron chi connectivity index (χ2n) is 13.9. The Bertz CT molecular complexity index is 1910. The van der Waals surface area contributed by atoms with Crippen LogP contribution in [0.4, 0.5) is 22.1 Å². The van der Waals surface area contributed by atoms with E-state index in [0.29, 0.717) is 34.7 Å². The average Bonchev–Trinajstić information content (AvgIpc) is 3.55. The Labute approximate surface area is 303 Å². The zero-order valence-corrected chi connectivity index (χ0v) is 30.6. The number of nitrogens with one attached hydrogen (secondary N) is 3. The standard InChI is InChI=1S/C39H47N7O4S/c1-27-9-11-29(12-10-27)46-36(24-34(44-46)39(2,3)4)43-38(48)41-32-13-14-33(31-8-6-5-7-30(31)32)50-25-28-15-16-40-35(23-28)42-37(47)26-51-22-19-45-17-20-49-21-18-45/h5-9,11-16,23-24,27H,10,17-22,25-26H2,1-4H3,(H,40,42,47)(H2,41,43,48). The first-order valence-corrected chi connectivity index (χ1v) is 18.6. The van der Waals surface area contributed by atoms with Gasteiger partial charge in [-0.3, -0.25) is 15.0 Å². The highest BCUT2D eigenvalue weighted by Gasteiger charge is 2.23. The van der Waals surface area contributed by atoms with Crippen molar-refractivity contribution in [3.05, 3.63) is 90.3 Å². The lowest BCUT2D eigenvalue weighted by molar-refractivity contribution is -0.113. The van der Waals surface area contributed by atoms with Gasteiger partial charge in [0.15, 0.2) is 0 Å². The van der Waals surface area contributed by atoms with Crippen LogP contribution in [0, 0.1) is 5.92 Å². The van der Waals surface area contributed by atoms with Crippen molar-refractivity contribution >= 4 is 57.5 Å². The van der Waals surface area contributed by atoms with Gasteiger partial charge < -0.3 is 20.1 Å². The van der Waals surface area contributed by atoms with Crippen LogP contribution in [0.5, 0.6) is 5.75 Å². The number of benzene rings is 2. The number of fused-ring (bicyclic) bond motifs is 1. The number of carbonyl (C=O) groups is 2. The number of amides is 3. The van der Waals surface area contributed by atoms with Crippen LogP contribution in [-0.2, 0) is 21.6 Å². The zero-order chi connectivity index (χ0) is 35.8. The van der Waals surface area contributed by atoms with Gasteiger partial charge in [-0.2, -0.15) is 16.9 Å². The summed E-state index contributed by atoms with van der Waals surface area (Å²) < 4.78 is 13.5. The predicted octanol–water partition coefficient (Wildman–Crippen LogP) is 7.39. The molecule has 3 amide bonds. The van der Waals surface area contributed by atoms with E-state index in [9.17, 15) is 9.59 Å². The summed E-state index contributed by atoms with van der Waals surface area (Å²) in [4.78, 5) is 32.7. The first-order chi connectivity index (χ1) is 24.6. The molecule has 1 aliphatic heterocycles. The van der Waals surface area contributed by atoms with Crippen LogP contribution in [0.1, 0.15) is 45.4 Å². The number of thioether (sulfide) groups is 1. The summed E-state index contributed by atoms with van der Waals surface area (Å²) in [6.07, 6.45) is 8.95. The third-order valence-corrected chi connectivity index (χ3v) is 9.70. The fraction of sp³-hybridized carbons (Fsp3) is 0.385. The molecule has 268 valence electrons. The number of nitrogens with zero attached hydrogens (tertiary/aromatic N) is 4. The van der Waals surface area contributed by atoms with Gasteiger partial charge in [0.2, 0.25) is 5.91 Å². The van der Waals surface area contributed by atoms with Gasteiger partial charge >= 0.3 is 6.03 Å². The highest BCUT2D eigenvalue weighted by atomic mass is 32.2. The molecule has 1 saturated heterocycles. The van der Waals surface area contributed by atoms with E-state index >= 15 is 0 Å². The van der Waals surface area contributed by atoms with Crippen LogP contribution in [0.2, 0.25) is 0 Å². The minimum Gasteiger partial charge on any atom is -0.488 e. The molecule has 2 aliphatic rings. The molecule has 1 unspecified atom stereocenters. The molecule has 2 aromatic carbocycles. The number of aromatic nitrogens is 3. The number of urea groups is 1. The number of carbonyl (C=O) groups excluding carboxylic acids is 2. The van der Waals surface area contributed by atoms with Gasteiger partial charge in [0.25, 0.3) is 0 Å². The first kappa shape index (κ1) is 36.2. The van der Waals surface area contributed by atoms with E-state index in [1.807, 2.05) is 54.6 Å². The van der Waals surface area contributed by atoms with Gasteiger partial charge in [-0.05, 0) is 48.2 Å². The largest absolute Gasteiger partial charge is 0.488 e. The number of pyridine rings is 1. The van der Waals surface area contributed by atoms with Crippen molar-refractivity contribution in [2.45, 2.75) is 46.1 Å². The molecule has 12 heteroatoms. The van der Waals surface area contributed by atoms with Crippen LogP contribution in [0.15, 0.2) is 79.0 Å². The van der Waals surface area contributed by atoms with E-state index in [0.717, 1.165) is 72.7 Å². The monoisotopic (exact) mass is 709 g/mol. The molecule has 0 saturated carbocycles. The molecule has 1 aliphatic carbocycles. The summed E-state index contributed by atoms with van der Waals surface area (Å²) >= 11 is 1.61. The van der Waals surface area contributed by atoms with Crippen LogP contribution in [0.25, 0.3) is 16.5 Å². The molecule has 3 heterocycles. The van der Waals surface area contributed by atoms with Crippen LogP contribution >= 0.6 is 11.8 Å². The summed E-state index contributed by atoms with van der Waals surface area (Å²) in [5.41, 5.74) is 3.15. The third-order valence-electron chi connectivity index (χ3n) is 8.77. The van der Waals surface area contributed by atoms with Gasteiger partial charge in [-0.1, -0.05) is 64.1 Å². The lowest BCUT2D eigenvalue weighted by Gasteiger charge is -2.26. The lowest BCUT2D eigenvalue weighted by atomic mass is 9.92. The van der Waals surface area contributed by atoms with Crippen LogP contribution in [-0.4, -0.2) is 76.0 Å². The molecular weight excluding hydrogens is 663 g/mol. The molecule has 0 bridgehead atoms. The summed E-state index contributed by atoms with van der Waals surface area (Å²) in [7, 11) is 0. The average molecular weight is 710 g/mol. The number of rotatable bonds is 12. The van der Waals surface area contributed by atoms with E-state index in [4.69, 9.17) is 14.6 Å². The molecule has 1 atom stereocenters. The predicted molar refractivity (Wildman–Crippen MR) is 206 cm³/mol. The molecule has 51 heavy (non-hydrogen) atoms. The summed E-state index contributed by atoms with van der Waals surface area (Å²) in [5, 5.41) is 15.5. The number of ether oxygens (including phenoxy) is 2. The summed E-state index contributed by atoms with van der Waals surface area (Å²) in [5.74, 6) is 3.41. The van der Waals surface area contributed by atoms with Crippen LogP contribution in [0.3, 0.4) is 0 Å². The molecule has 0 spiro atoms. The molecule has 11 nitrogen and oxygen atoms in total. The second kappa shape index (κ2) is 16.6. The molecular formula is C39H47N7O4S. The van der Waals surface area contributed by atoms with E-state index < -0.39 is 0 Å². The molecule has 0 radical (unpaired) electrons. The van der Waals surface area contributed by atoms with Crippen molar-refractivity contribution in [2.75, 3.05) is 60.3 Å². The normalized spacial score (nSPS) is 16.5. The highest BCUT2D eigenvalue weighted by molar-refractivity contribution is 7.99. The number of hydrogen-bond donors (Lipinski definition) is 3. The van der Waals surface area contributed by atoms with Crippen molar-refractivity contribution in [3.8, 4) is 5.75 Å². The van der Waals surface area contributed by atoms with E-state index in [2.05, 4.69) is 71.8 Å². The SMILES string of the molecule is CC1C=CC(n2nc(C(C)(C)C)cc2NC(=O)Nc2ccc(OCc3ccnc(NC(=O)CSCCN4CCOCC4)c3)c3ccccc23)=CC1. The molecule has 6 rings (SSSR count). The van der Waals surface area contributed by atoms with Gasteiger partial charge in [0.05, 0.1) is 36.0 Å². The maximum atomic E-state index is 13.4. The number of morpholine rings is 1. The van der Waals surface area contributed by atoms with Crippen molar-refractivity contribution < 1.29 is 19.1 Å². The smallest absolute Gasteiger partial charge is 0.324 e. The Morgan fingerprint density at radius 2 is 1.82 bits per heavy atom. The Balaban J connectivity index is 1.07. The van der Waals surface area contributed by atoms with Crippen molar-refractivity contribution in [2.24, 2.45) is 5.92 Å². The second-order valence-corrected chi connectivity index (χ2v) is 15.0. The van der Waals surface area contributed by atoms with E-state index in [1.54, 1.807) is 22.6 Å². The first-order valence-electron chi connectivity index (χ1n) is 17.5. The Hall–Kier alpha value is -4.65. The quantitative estimate of drug-likeness (QED) is 0.130. The maximum Gasteiger partial charge on any atom is 0.324 e. The molecule has 4 aromatic rings. The molecule has 1 fully saturated rings. The van der Waals surface area contributed by atoms with E-state index in [-0.39, 0.29) is 24.0 Å². The van der Waals surface area contributed by atoms with Gasteiger partial charge in [0.1, 0.15) is 24.0 Å². The number of allylic oxidation sites excluding steroid dienone is 4. The maximum absolute atomic E-state index is 13.4. The lowest BCUT2D eigenvalue weighted by Crippen LogP contribution is -2.37. The van der Waals surface area contributed by atoms with Gasteiger partial charge in [-0.25, -0.2) is 14.5 Å². The minimum absolute atomic E-state index is 0.0812. The summed E-state index contributed by atoms with van der Waals surface area (Å²) in [6.45, 7) is 13.2. The van der Waals surface area contributed by atoms with Crippen LogP contribution < -0.4 is 20.7 Å². The molecule has 3 N–H and O–H groups in total. The van der Waals surface area contributed by atoms with Gasteiger partial charge in [0, 0.05) is 53.8 Å². The Morgan fingerprint density at radius 3 is 2.59 bits per heavy atom. The minimum atomic E-state index is -0.369. The van der Waals surface area contributed by atoms with Crippen molar-refractivity contribution in [1.82, 2.24) is 19.7 Å². The fourth-order valence-electron chi connectivity index (χ4n) is 5.84.